The Morgan fingerprint density at radius 3 is 1.77 bits per heavy atom. The molecule has 1 atom stereocenters. The van der Waals surface area contributed by atoms with Crippen molar-refractivity contribution >= 4 is 34.3 Å². The van der Waals surface area contributed by atoms with E-state index in [0.29, 0.717) is 23.7 Å². The molecule has 0 amide bonds. The van der Waals surface area contributed by atoms with E-state index in [1.165, 1.54) is 10.4 Å². The second-order valence-electron chi connectivity index (χ2n) is 11.8. The third-order valence-electron chi connectivity index (χ3n) is 8.17. The van der Waals surface area contributed by atoms with E-state index in [9.17, 15) is 8.42 Å². The van der Waals surface area contributed by atoms with E-state index in [4.69, 9.17) is 4.99 Å². The maximum absolute atomic E-state index is 14.1. The first kappa shape index (κ1) is 28.1. The highest BCUT2D eigenvalue weighted by Gasteiger charge is 2.50. The number of hydrogen-bond acceptors (Lipinski definition) is 3. The minimum absolute atomic E-state index is 0.0337. The van der Waals surface area contributed by atoms with Crippen molar-refractivity contribution in [2.24, 2.45) is 4.99 Å². The Morgan fingerprint density at radius 2 is 1.27 bits per heavy atom. The fraction of sp³-hybridized carbons (Fsp3) is 0.265. The Kier molecular flexibility index (Phi) is 7.84. The van der Waals surface area contributed by atoms with Crippen LogP contribution in [0.5, 0.6) is 0 Å². The molecule has 0 radical (unpaired) electrons. The van der Waals surface area contributed by atoms with Gasteiger partial charge in [0, 0.05) is 6.42 Å². The van der Waals surface area contributed by atoms with Gasteiger partial charge in [0.05, 0.1) is 17.5 Å². The number of aliphatic imine (C=N–C) groups is 1. The zero-order valence-electron chi connectivity index (χ0n) is 23.8. The summed E-state index contributed by atoms with van der Waals surface area (Å²) >= 11 is 0. The molecule has 1 aliphatic heterocycles. The van der Waals surface area contributed by atoms with Crippen LogP contribution in [0.2, 0.25) is 11.1 Å². The Hall–Kier alpha value is -3.48. The molecule has 5 rings (SSSR count). The molecule has 1 heterocycles. The van der Waals surface area contributed by atoms with Gasteiger partial charge in [-0.3, -0.25) is 9.30 Å². The summed E-state index contributed by atoms with van der Waals surface area (Å²) in [7, 11) is -6.20. The van der Waals surface area contributed by atoms with Crippen LogP contribution in [0.4, 0.5) is 0 Å². The summed E-state index contributed by atoms with van der Waals surface area (Å²) in [6, 6.07) is 39.5. The van der Waals surface area contributed by atoms with Crippen LogP contribution < -0.4 is 10.4 Å². The molecule has 4 nitrogen and oxygen atoms in total. The van der Waals surface area contributed by atoms with Crippen molar-refractivity contribution in [3.63, 3.8) is 0 Å². The summed E-state index contributed by atoms with van der Waals surface area (Å²) in [5.74, 6) is 0.620. The van der Waals surface area contributed by atoms with E-state index in [1.54, 1.807) is 16.4 Å². The molecule has 0 aliphatic carbocycles. The van der Waals surface area contributed by atoms with Gasteiger partial charge in [0.15, 0.2) is 0 Å². The highest BCUT2D eigenvalue weighted by molar-refractivity contribution is 7.89. The van der Waals surface area contributed by atoms with Gasteiger partial charge < -0.3 is 0 Å². The van der Waals surface area contributed by atoms with Crippen molar-refractivity contribution in [1.82, 2.24) is 4.31 Å². The molecule has 4 aromatic rings. The van der Waals surface area contributed by atoms with Gasteiger partial charge in [0.25, 0.3) is 10.0 Å². The smallest absolute Gasteiger partial charge is 0.265 e. The number of amidine groups is 1. The quantitative estimate of drug-likeness (QED) is 0.243. The van der Waals surface area contributed by atoms with Gasteiger partial charge in [0.1, 0.15) is 13.9 Å². The fourth-order valence-corrected chi connectivity index (χ4v) is 13.2. The van der Waals surface area contributed by atoms with Crippen LogP contribution in [0.3, 0.4) is 0 Å². The molecule has 206 valence electrons. The number of benzene rings is 4. The topological polar surface area (TPSA) is 49.7 Å². The lowest BCUT2D eigenvalue weighted by atomic mass is 10.1. The first-order valence-corrected chi connectivity index (χ1v) is 17.6. The molecule has 6 heteroatoms. The summed E-state index contributed by atoms with van der Waals surface area (Å²) in [4.78, 5) is 5.53. The van der Waals surface area contributed by atoms with E-state index in [-0.39, 0.29) is 11.1 Å². The predicted octanol–water partition coefficient (Wildman–Crippen LogP) is 6.07. The SMILES string of the molecule is Cc1ccc(S(=O)(=O)N2CC(C[Si](c3ccccc3)(c3ccccc3)C(C)(C)C)N=C2Cc2ccccc2)cc1. The van der Waals surface area contributed by atoms with Crippen LogP contribution in [0, 0.1) is 6.92 Å². The average molecular weight is 567 g/mol. The minimum Gasteiger partial charge on any atom is -0.266 e. The van der Waals surface area contributed by atoms with E-state index < -0.39 is 18.1 Å². The molecular formula is C34H38N2O2SSi. The third kappa shape index (κ3) is 5.43. The molecule has 0 fully saturated rings. The highest BCUT2D eigenvalue weighted by Crippen LogP contribution is 2.41. The second-order valence-corrected chi connectivity index (χ2v) is 18.5. The van der Waals surface area contributed by atoms with Gasteiger partial charge in [-0.1, -0.05) is 140 Å². The third-order valence-corrected chi connectivity index (χ3v) is 16.3. The Balaban J connectivity index is 1.60. The van der Waals surface area contributed by atoms with Crippen molar-refractivity contribution < 1.29 is 8.42 Å². The number of sulfonamides is 1. The minimum atomic E-state index is -3.76. The molecule has 1 unspecified atom stereocenters. The van der Waals surface area contributed by atoms with Gasteiger partial charge >= 0.3 is 0 Å². The average Bonchev–Trinajstić information content (AvgIpc) is 3.35. The lowest BCUT2D eigenvalue weighted by molar-refractivity contribution is 0.519. The monoisotopic (exact) mass is 566 g/mol. The Labute approximate surface area is 240 Å². The summed E-state index contributed by atoms with van der Waals surface area (Å²) in [6.07, 6.45) is 0.475. The van der Waals surface area contributed by atoms with E-state index >= 15 is 0 Å². The molecule has 1 aliphatic rings. The van der Waals surface area contributed by atoms with Crippen LogP contribution in [0.25, 0.3) is 0 Å². The molecule has 40 heavy (non-hydrogen) atoms. The molecule has 0 bridgehead atoms. The fourth-order valence-electron chi connectivity index (χ4n) is 6.08. The van der Waals surface area contributed by atoms with Gasteiger partial charge in [-0.05, 0) is 35.7 Å². The van der Waals surface area contributed by atoms with Gasteiger partial charge in [0.2, 0.25) is 0 Å². The predicted molar refractivity (Wildman–Crippen MR) is 169 cm³/mol. The molecule has 0 aromatic heterocycles. The maximum Gasteiger partial charge on any atom is 0.265 e. The van der Waals surface area contributed by atoms with Crippen LogP contribution in [-0.4, -0.2) is 39.2 Å². The molecule has 0 spiro atoms. The van der Waals surface area contributed by atoms with Crippen LogP contribution in [0.1, 0.15) is 31.9 Å². The summed E-state index contributed by atoms with van der Waals surface area (Å²) in [5, 5.41) is 2.68. The van der Waals surface area contributed by atoms with Crippen molar-refractivity contribution in [1.29, 1.82) is 0 Å². The standard InChI is InChI=1S/C34H38N2O2SSi/c1-27-20-22-30(23-21-27)39(37,38)36-25-29(35-33(36)24-28-14-8-5-9-15-28)26-40(34(2,3)4,31-16-10-6-11-17-31)32-18-12-7-13-19-32/h5-23,29H,24-26H2,1-4H3. The van der Waals surface area contributed by atoms with Crippen molar-refractivity contribution in [3.05, 3.63) is 126 Å². The summed E-state index contributed by atoms with van der Waals surface area (Å²) < 4.78 is 29.7. The van der Waals surface area contributed by atoms with E-state index in [2.05, 4.69) is 81.4 Å². The molecule has 0 saturated carbocycles. The molecule has 0 N–H and O–H groups in total. The zero-order chi connectivity index (χ0) is 28.4. The number of hydrogen-bond donors (Lipinski definition) is 0. The van der Waals surface area contributed by atoms with E-state index in [1.807, 2.05) is 49.4 Å². The lowest BCUT2D eigenvalue weighted by Gasteiger charge is -2.45. The summed E-state index contributed by atoms with van der Waals surface area (Å²) in [5.41, 5.74) is 2.08. The Bertz CT molecular complexity index is 1520. The first-order chi connectivity index (χ1) is 19.1. The first-order valence-electron chi connectivity index (χ1n) is 13.9. The molecule has 0 saturated heterocycles. The zero-order valence-corrected chi connectivity index (χ0v) is 25.6. The Morgan fingerprint density at radius 1 is 0.775 bits per heavy atom. The molecule has 4 aromatic carbocycles. The largest absolute Gasteiger partial charge is 0.266 e. The molecular weight excluding hydrogens is 529 g/mol. The van der Waals surface area contributed by atoms with Crippen molar-refractivity contribution in [3.8, 4) is 0 Å². The van der Waals surface area contributed by atoms with E-state index in [0.717, 1.165) is 17.2 Å². The normalized spacial score (nSPS) is 16.1. The van der Waals surface area contributed by atoms with Gasteiger partial charge in [-0.2, -0.15) is 0 Å². The van der Waals surface area contributed by atoms with Gasteiger partial charge in [-0.25, -0.2) is 8.42 Å². The van der Waals surface area contributed by atoms with Crippen molar-refractivity contribution in [2.75, 3.05) is 6.54 Å². The van der Waals surface area contributed by atoms with Crippen LogP contribution in [-0.2, 0) is 16.4 Å². The number of rotatable bonds is 8. The second kappa shape index (κ2) is 11.2. The number of nitrogens with zero attached hydrogens (tertiary/aromatic N) is 2. The highest BCUT2D eigenvalue weighted by atomic mass is 32.2. The van der Waals surface area contributed by atoms with Crippen molar-refractivity contribution in [2.45, 2.75) is 56.1 Å². The summed E-state index contributed by atoms with van der Waals surface area (Å²) in [6.45, 7) is 9.33. The van der Waals surface area contributed by atoms with Crippen LogP contribution in [0.15, 0.2) is 125 Å². The lowest BCUT2D eigenvalue weighted by Crippen LogP contribution is -2.65. The number of aryl methyl sites for hydroxylation is 1. The maximum atomic E-state index is 14.1. The van der Waals surface area contributed by atoms with Crippen LogP contribution >= 0.6 is 0 Å². The van der Waals surface area contributed by atoms with Gasteiger partial charge in [-0.15, -0.1) is 0 Å².